The number of fused-ring (bicyclic) bond motifs is 1. The van der Waals surface area contributed by atoms with Crippen LogP contribution >= 0.6 is 11.8 Å². The van der Waals surface area contributed by atoms with E-state index in [9.17, 15) is 14.4 Å². The molecule has 3 aliphatic rings. The highest BCUT2D eigenvalue weighted by Crippen LogP contribution is 2.45. The number of benzene rings is 1. The van der Waals surface area contributed by atoms with E-state index in [1.54, 1.807) is 39.8 Å². The van der Waals surface area contributed by atoms with E-state index in [1.165, 1.54) is 30.8 Å². The number of hydrogen-bond acceptors (Lipinski definition) is 7. The Balaban J connectivity index is 1.62. The molecule has 0 aliphatic carbocycles. The zero-order valence-corrected chi connectivity index (χ0v) is 20.5. The highest BCUT2D eigenvalue weighted by atomic mass is 32.2. The van der Waals surface area contributed by atoms with Crippen molar-refractivity contribution in [1.82, 2.24) is 14.7 Å². The minimum Gasteiger partial charge on any atom is -0.458 e. The summed E-state index contributed by atoms with van der Waals surface area (Å²) in [5.74, 6) is -1.19. The number of halogens is 1. The number of allylic oxidation sites excluding steroid dienone is 1. The molecule has 35 heavy (non-hydrogen) atoms. The molecule has 2 amide bonds. The fourth-order valence-corrected chi connectivity index (χ4v) is 5.34. The molecule has 0 radical (unpaired) electrons. The van der Waals surface area contributed by atoms with Crippen molar-refractivity contribution in [2.45, 2.75) is 26.3 Å². The van der Waals surface area contributed by atoms with E-state index in [-0.39, 0.29) is 30.4 Å². The van der Waals surface area contributed by atoms with Crippen LogP contribution in [0.15, 0.2) is 64.3 Å². The minimum absolute atomic E-state index is 0.00748. The lowest BCUT2D eigenvalue weighted by Crippen LogP contribution is -2.50. The second-order valence-electron chi connectivity index (χ2n) is 8.37. The van der Waals surface area contributed by atoms with Crippen molar-refractivity contribution in [3.8, 4) is 0 Å². The Kier molecular flexibility index (Phi) is 7.39. The van der Waals surface area contributed by atoms with Gasteiger partial charge in [-0.1, -0.05) is 42.6 Å². The maximum absolute atomic E-state index is 15.0. The highest BCUT2D eigenvalue weighted by Gasteiger charge is 2.42. The fourth-order valence-electron chi connectivity index (χ4n) is 4.37. The molecule has 184 valence electrons. The predicted octanol–water partition coefficient (Wildman–Crippen LogP) is 3.21. The van der Waals surface area contributed by atoms with Crippen LogP contribution in [0.4, 0.5) is 4.39 Å². The van der Waals surface area contributed by atoms with Crippen molar-refractivity contribution in [2.75, 3.05) is 32.8 Å². The van der Waals surface area contributed by atoms with Crippen LogP contribution in [0.3, 0.4) is 0 Å². The molecule has 0 N–H and O–H groups in total. The topological polar surface area (TPSA) is 82.5 Å². The van der Waals surface area contributed by atoms with Gasteiger partial charge in [0.15, 0.2) is 5.17 Å². The molecule has 4 rings (SSSR count). The van der Waals surface area contributed by atoms with Crippen LogP contribution in [-0.2, 0) is 19.1 Å². The van der Waals surface area contributed by atoms with Gasteiger partial charge in [0.2, 0.25) is 11.8 Å². The number of esters is 1. The van der Waals surface area contributed by atoms with Crippen LogP contribution < -0.4 is 0 Å². The van der Waals surface area contributed by atoms with Gasteiger partial charge in [-0.3, -0.25) is 9.59 Å². The minimum atomic E-state index is -0.829. The molecule has 1 atom stereocenters. The molecule has 1 aromatic carbocycles. The summed E-state index contributed by atoms with van der Waals surface area (Å²) < 4.78 is 20.4. The number of hydrogen-bond donors (Lipinski definition) is 0. The van der Waals surface area contributed by atoms with E-state index >= 15 is 4.39 Å². The molecule has 1 aromatic rings. The molecule has 0 bridgehead atoms. The third-order valence-corrected chi connectivity index (χ3v) is 7.05. The van der Waals surface area contributed by atoms with E-state index in [0.717, 1.165) is 0 Å². The Morgan fingerprint density at radius 2 is 1.89 bits per heavy atom. The van der Waals surface area contributed by atoms with Crippen LogP contribution in [0.5, 0.6) is 0 Å². The van der Waals surface area contributed by atoms with Crippen molar-refractivity contribution in [2.24, 2.45) is 4.99 Å². The normalized spacial score (nSPS) is 19.7. The SMILES string of the molecule is C=CCOC(=O)C1=C(C)N=C2SC=C(CC(=O)N3CCN(C(C)=O)CC3)N2[C@H]1c1ccccc1F. The molecule has 0 spiro atoms. The first-order chi connectivity index (χ1) is 16.8. The third kappa shape index (κ3) is 5.02. The van der Waals surface area contributed by atoms with E-state index < -0.39 is 17.8 Å². The first-order valence-electron chi connectivity index (χ1n) is 11.3. The zero-order chi connectivity index (χ0) is 25.1. The van der Waals surface area contributed by atoms with Crippen LogP contribution in [-0.4, -0.2) is 70.4 Å². The fraction of sp³-hybridized carbons (Fsp3) is 0.360. The van der Waals surface area contributed by atoms with Crippen LogP contribution in [0.25, 0.3) is 0 Å². The molecule has 1 fully saturated rings. The Hall–Kier alpha value is -3.40. The van der Waals surface area contributed by atoms with Gasteiger partial charge < -0.3 is 19.4 Å². The summed E-state index contributed by atoms with van der Waals surface area (Å²) in [6, 6.07) is 5.43. The lowest BCUT2D eigenvalue weighted by atomic mass is 9.93. The maximum Gasteiger partial charge on any atom is 0.338 e. The number of rotatable bonds is 6. The number of amidine groups is 1. The van der Waals surface area contributed by atoms with E-state index in [1.807, 2.05) is 5.41 Å². The summed E-state index contributed by atoms with van der Waals surface area (Å²) in [7, 11) is 0. The quantitative estimate of drug-likeness (QED) is 0.443. The van der Waals surface area contributed by atoms with Crippen molar-refractivity contribution < 1.29 is 23.5 Å². The van der Waals surface area contributed by atoms with Gasteiger partial charge in [0.05, 0.1) is 23.7 Å². The Morgan fingerprint density at radius 1 is 1.20 bits per heavy atom. The standard InChI is InChI=1S/C25H27FN4O4S/c1-4-13-34-24(33)22-16(2)27-25-30(23(22)19-7-5-6-8-20(19)26)18(15-35-25)14-21(32)29-11-9-28(10-12-29)17(3)31/h4-8,15,23H,1,9-14H2,2-3H3/t23-/m0/s1. The Morgan fingerprint density at radius 3 is 2.54 bits per heavy atom. The number of nitrogens with zero attached hydrogens (tertiary/aromatic N) is 4. The molecule has 8 nitrogen and oxygen atoms in total. The smallest absolute Gasteiger partial charge is 0.338 e. The van der Waals surface area contributed by atoms with Crippen molar-refractivity contribution in [3.63, 3.8) is 0 Å². The van der Waals surface area contributed by atoms with Crippen molar-refractivity contribution >= 4 is 34.7 Å². The molecular formula is C25H27FN4O4S. The molecule has 10 heteroatoms. The number of carbonyl (C=O) groups excluding carboxylic acids is 3. The van der Waals surface area contributed by atoms with Gasteiger partial charge in [-0.05, 0) is 18.4 Å². The molecule has 3 heterocycles. The summed E-state index contributed by atoms with van der Waals surface area (Å²) in [5, 5.41) is 2.39. The number of piperazine rings is 1. The van der Waals surface area contributed by atoms with E-state index in [4.69, 9.17) is 4.74 Å². The number of amides is 2. The maximum atomic E-state index is 15.0. The number of ether oxygens (including phenoxy) is 1. The van der Waals surface area contributed by atoms with E-state index in [2.05, 4.69) is 11.6 Å². The lowest BCUT2D eigenvalue weighted by Gasteiger charge is -2.37. The second-order valence-corrected chi connectivity index (χ2v) is 9.20. The first kappa shape index (κ1) is 24.7. The summed E-state index contributed by atoms with van der Waals surface area (Å²) >= 11 is 1.33. The Bertz CT molecular complexity index is 1150. The van der Waals surface area contributed by atoms with Crippen LogP contribution in [0.1, 0.15) is 31.9 Å². The van der Waals surface area contributed by atoms with Gasteiger partial charge in [0, 0.05) is 44.4 Å². The lowest BCUT2D eigenvalue weighted by molar-refractivity contribution is -0.138. The van der Waals surface area contributed by atoms with Crippen molar-refractivity contribution in [1.29, 1.82) is 0 Å². The molecule has 3 aliphatic heterocycles. The predicted molar refractivity (Wildman–Crippen MR) is 131 cm³/mol. The zero-order valence-electron chi connectivity index (χ0n) is 19.7. The largest absolute Gasteiger partial charge is 0.458 e. The highest BCUT2D eigenvalue weighted by molar-refractivity contribution is 8.16. The monoisotopic (exact) mass is 498 g/mol. The van der Waals surface area contributed by atoms with Gasteiger partial charge in [0.25, 0.3) is 0 Å². The summed E-state index contributed by atoms with van der Waals surface area (Å²) in [6.45, 7) is 8.69. The molecule has 1 saturated heterocycles. The molecule has 0 unspecified atom stereocenters. The summed E-state index contributed by atoms with van der Waals surface area (Å²) in [5.41, 5.74) is 1.58. The van der Waals surface area contributed by atoms with E-state index in [0.29, 0.717) is 48.3 Å². The molecule has 0 aromatic heterocycles. The van der Waals surface area contributed by atoms with Crippen LogP contribution in [0, 0.1) is 5.82 Å². The number of aliphatic imine (C=N–C) groups is 1. The average Bonchev–Trinajstić information content (AvgIpc) is 3.24. The molecule has 0 saturated carbocycles. The van der Waals surface area contributed by atoms with Gasteiger partial charge in [-0.25, -0.2) is 14.2 Å². The molecular weight excluding hydrogens is 471 g/mol. The first-order valence-corrected chi connectivity index (χ1v) is 12.2. The van der Waals surface area contributed by atoms with Gasteiger partial charge >= 0.3 is 5.97 Å². The van der Waals surface area contributed by atoms with Gasteiger partial charge in [-0.15, -0.1) is 0 Å². The third-order valence-electron chi connectivity index (χ3n) is 6.16. The van der Waals surface area contributed by atoms with Gasteiger partial charge in [0.1, 0.15) is 12.4 Å². The number of carbonyl (C=O) groups is 3. The summed E-state index contributed by atoms with van der Waals surface area (Å²) in [6.07, 6.45) is 1.52. The van der Waals surface area contributed by atoms with Crippen molar-refractivity contribution in [3.05, 3.63) is 70.7 Å². The van der Waals surface area contributed by atoms with Gasteiger partial charge in [-0.2, -0.15) is 0 Å². The second kappa shape index (κ2) is 10.5. The average molecular weight is 499 g/mol. The van der Waals surface area contributed by atoms with Crippen LogP contribution in [0.2, 0.25) is 0 Å². The Labute approximate surface area is 207 Å². The number of thioether (sulfide) groups is 1. The summed E-state index contributed by atoms with van der Waals surface area (Å²) in [4.78, 5) is 47.6.